The fourth-order valence-electron chi connectivity index (χ4n) is 4.70. The number of hydrogen-bond donors (Lipinski definition) is 3. The number of pyridine rings is 1. The van der Waals surface area contributed by atoms with Crippen LogP contribution in [0.4, 0.5) is 16.3 Å². The number of anilines is 2. The summed E-state index contributed by atoms with van der Waals surface area (Å²) in [5.41, 5.74) is 2.14. The number of para-hydroxylation sites is 1. The Balaban J connectivity index is 1.48. The van der Waals surface area contributed by atoms with Gasteiger partial charge in [-0.3, -0.25) is 0 Å². The number of hydrogen-bond acceptors (Lipinski definition) is 6. The van der Waals surface area contributed by atoms with Crippen LogP contribution in [-0.4, -0.2) is 56.3 Å². The van der Waals surface area contributed by atoms with Crippen LogP contribution in [0.25, 0.3) is 10.9 Å². The number of carbonyl (C=O) groups excluding carboxylic acids is 2. The van der Waals surface area contributed by atoms with E-state index in [1.54, 1.807) is 6.92 Å². The van der Waals surface area contributed by atoms with Crippen LogP contribution in [0.3, 0.4) is 0 Å². The van der Waals surface area contributed by atoms with Gasteiger partial charge in [-0.2, -0.15) is 0 Å². The van der Waals surface area contributed by atoms with Gasteiger partial charge in [-0.1, -0.05) is 32.0 Å². The number of ether oxygens (including phenoxy) is 1. The van der Waals surface area contributed by atoms with Crippen molar-refractivity contribution in [2.45, 2.75) is 65.0 Å². The molecule has 8 heteroatoms. The zero-order valence-corrected chi connectivity index (χ0v) is 21.8. The van der Waals surface area contributed by atoms with Gasteiger partial charge in [0.1, 0.15) is 11.9 Å². The van der Waals surface area contributed by atoms with E-state index < -0.39 is 6.04 Å². The molecule has 1 fully saturated rings. The van der Waals surface area contributed by atoms with Crippen LogP contribution >= 0.6 is 0 Å². The molecule has 1 aliphatic carbocycles. The molecule has 0 radical (unpaired) electrons. The Bertz CT molecular complexity index is 986. The second kappa shape index (κ2) is 12.6. The number of fused-ring (bicyclic) bond motifs is 1. The Morgan fingerprint density at radius 3 is 2.51 bits per heavy atom. The van der Waals surface area contributed by atoms with Crippen LogP contribution in [0.2, 0.25) is 0 Å². The number of nitrogens with one attached hydrogen (secondary N) is 3. The molecule has 1 heterocycles. The molecule has 3 rings (SSSR count). The maximum atomic E-state index is 12.4. The van der Waals surface area contributed by atoms with Gasteiger partial charge in [0.05, 0.1) is 12.1 Å². The highest BCUT2D eigenvalue weighted by molar-refractivity contribution is 5.93. The third kappa shape index (κ3) is 7.73. The maximum absolute atomic E-state index is 12.4. The van der Waals surface area contributed by atoms with Crippen LogP contribution in [-0.2, 0) is 9.53 Å². The quantitative estimate of drug-likeness (QED) is 0.429. The number of carbonyl (C=O) groups is 2. The number of amides is 2. The van der Waals surface area contributed by atoms with Crippen LogP contribution in [0.1, 0.15) is 52.9 Å². The van der Waals surface area contributed by atoms with Gasteiger partial charge in [-0.15, -0.1) is 0 Å². The summed E-state index contributed by atoms with van der Waals surface area (Å²) >= 11 is 0. The summed E-state index contributed by atoms with van der Waals surface area (Å²) in [5, 5.41) is 10.5. The lowest BCUT2D eigenvalue weighted by atomic mass is 9.86. The normalized spacial score (nSPS) is 18.7. The second-order valence-electron chi connectivity index (χ2n) is 10.1. The first-order chi connectivity index (χ1) is 16.8. The number of rotatable bonds is 10. The van der Waals surface area contributed by atoms with E-state index in [0.29, 0.717) is 31.5 Å². The van der Waals surface area contributed by atoms with Crippen molar-refractivity contribution in [3.05, 3.63) is 30.3 Å². The minimum Gasteiger partial charge on any atom is -0.464 e. The van der Waals surface area contributed by atoms with Crippen LogP contribution in [0.15, 0.2) is 30.3 Å². The first kappa shape index (κ1) is 26.6. The number of esters is 1. The molecule has 0 saturated heterocycles. The van der Waals surface area contributed by atoms with Crippen LogP contribution < -0.4 is 20.9 Å². The van der Waals surface area contributed by atoms with Gasteiger partial charge >= 0.3 is 12.0 Å². The molecule has 1 saturated carbocycles. The van der Waals surface area contributed by atoms with E-state index in [0.717, 1.165) is 48.1 Å². The second-order valence-corrected chi connectivity index (χ2v) is 10.1. The highest BCUT2D eigenvalue weighted by atomic mass is 16.5. The molecule has 192 valence electrons. The van der Waals surface area contributed by atoms with E-state index in [4.69, 9.17) is 9.72 Å². The highest BCUT2D eigenvalue weighted by Crippen LogP contribution is 2.30. The molecule has 0 unspecified atom stereocenters. The number of nitrogens with zero attached hydrogens (tertiary/aromatic N) is 2. The van der Waals surface area contributed by atoms with E-state index in [-0.39, 0.29) is 17.9 Å². The zero-order valence-electron chi connectivity index (χ0n) is 21.8. The van der Waals surface area contributed by atoms with Crippen molar-refractivity contribution in [1.29, 1.82) is 0 Å². The Kier molecular flexibility index (Phi) is 9.57. The molecule has 2 aromatic rings. The molecule has 0 spiro atoms. The average molecular weight is 484 g/mol. The van der Waals surface area contributed by atoms with Gasteiger partial charge in [-0.25, -0.2) is 14.6 Å². The van der Waals surface area contributed by atoms with Crippen LogP contribution in [0, 0.1) is 11.8 Å². The lowest BCUT2D eigenvalue weighted by Gasteiger charge is -2.30. The Labute approximate surface area is 209 Å². The molecular weight excluding hydrogens is 442 g/mol. The lowest BCUT2D eigenvalue weighted by molar-refractivity contribution is -0.145. The Morgan fingerprint density at radius 2 is 1.86 bits per heavy atom. The molecule has 8 nitrogen and oxygen atoms in total. The van der Waals surface area contributed by atoms with E-state index in [2.05, 4.69) is 53.1 Å². The summed E-state index contributed by atoms with van der Waals surface area (Å²) in [6, 6.07) is 9.78. The fraction of sp³-hybridized carbons (Fsp3) is 0.593. The van der Waals surface area contributed by atoms with E-state index >= 15 is 0 Å². The summed E-state index contributed by atoms with van der Waals surface area (Å²) in [6.07, 6.45) is 4.66. The summed E-state index contributed by atoms with van der Waals surface area (Å²) in [7, 11) is 4.11. The largest absolute Gasteiger partial charge is 0.464 e. The summed E-state index contributed by atoms with van der Waals surface area (Å²) in [5.74, 6) is 1.23. The molecule has 1 aromatic carbocycles. The van der Waals surface area contributed by atoms with Crippen molar-refractivity contribution in [2.75, 3.05) is 37.5 Å². The topological polar surface area (TPSA) is 95.6 Å². The molecule has 0 aliphatic heterocycles. The molecular formula is C27H41N5O3. The lowest BCUT2D eigenvalue weighted by Crippen LogP contribution is -2.48. The van der Waals surface area contributed by atoms with Gasteiger partial charge in [-0.05, 0) is 56.9 Å². The third-order valence-electron chi connectivity index (χ3n) is 6.51. The minimum atomic E-state index is -0.614. The third-order valence-corrected chi connectivity index (χ3v) is 6.51. The first-order valence-corrected chi connectivity index (χ1v) is 12.8. The molecule has 2 amide bonds. The van der Waals surface area contributed by atoms with Gasteiger partial charge in [0.15, 0.2) is 0 Å². The van der Waals surface area contributed by atoms with Crippen molar-refractivity contribution in [2.24, 2.45) is 11.8 Å². The smallest absolute Gasteiger partial charge is 0.328 e. The van der Waals surface area contributed by atoms with Crippen molar-refractivity contribution in [3.63, 3.8) is 0 Å². The number of urea groups is 1. The average Bonchev–Trinajstić information content (AvgIpc) is 2.82. The Hall–Kier alpha value is -3.03. The Morgan fingerprint density at radius 1 is 1.14 bits per heavy atom. The van der Waals surface area contributed by atoms with E-state index in [9.17, 15) is 9.59 Å². The van der Waals surface area contributed by atoms with Gasteiger partial charge in [0.25, 0.3) is 0 Å². The van der Waals surface area contributed by atoms with Gasteiger partial charge < -0.3 is 25.6 Å². The predicted octanol–water partition coefficient (Wildman–Crippen LogP) is 4.55. The standard InChI is InChI=1S/C27H41N5O3/c1-6-35-26(33)23(15-18(2)3)31-27(34)28-17-19-11-13-20(14-12-19)29-25-16-24(32(4)5)21-9-7-8-10-22(21)30-25/h7-10,16,18-20,23H,6,11-15,17H2,1-5H3,(H,29,30)(H2,28,31,34)/t19-,20+,23-/m0/s1. The van der Waals surface area contributed by atoms with Crippen molar-refractivity contribution >= 4 is 34.4 Å². The summed E-state index contributed by atoms with van der Waals surface area (Å²) < 4.78 is 5.11. The van der Waals surface area contributed by atoms with Crippen molar-refractivity contribution < 1.29 is 14.3 Å². The molecule has 35 heavy (non-hydrogen) atoms. The SMILES string of the molecule is CCOC(=O)[C@H](CC(C)C)NC(=O)NC[C@H]1CC[C@@H](Nc2cc(N(C)C)c3ccccc3n2)CC1. The van der Waals surface area contributed by atoms with E-state index in [1.807, 2.05) is 26.0 Å². The molecule has 0 bridgehead atoms. The van der Waals surface area contributed by atoms with Gasteiger partial charge in [0.2, 0.25) is 0 Å². The number of benzene rings is 1. The molecule has 1 atom stereocenters. The predicted molar refractivity (Wildman–Crippen MR) is 142 cm³/mol. The van der Waals surface area contributed by atoms with Crippen molar-refractivity contribution in [1.82, 2.24) is 15.6 Å². The van der Waals surface area contributed by atoms with Crippen LogP contribution in [0.5, 0.6) is 0 Å². The van der Waals surface area contributed by atoms with Gasteiger partial charge in [0, 0.05) is 43.8 Å². The highest BCUT2D eigenvalue weighted by Gasteiger charge is 2.25. The monoisotopic (exact) mass is 483 g/mol. The summed E-state index contributed by atoms with van der Waals surface area (Å²) in [4.78, 5) is 31.5. The van der Waals surface area contributed by atoms with E-state index in [1.165, 1.54) is 0 Å². The van der Waals surface area contributed by atoms with Crippen molar-refractivity contribution in [3.8, 4) is 0 Å². The molecule has 3 N–H and O–H groups in total. The zero-order chi connectivity index (χ0) is 25.4. The molecule has 1 aliphatic rings. The first-order valence-electron chi connectivity index (χ1n) is 12.8. The minimum absolute atomic E-state index is 0.276. The fourth-order valence-corrected chi connectivity index (χ4v) is 4.70. The molecule has 1 aromatic heterocycles. The maximum Gasteiger partial charge on any atom is 0.328 e. The summed E-state index contributed by atoms with van der Waals surface area (Å²) in [6.45, 7) is 6.72. The number of aromatic nitrogens is 1.